The molecule has 1 rings (SSSR count). The third-order valence-electron chi connectivity index (χ3n) is 3.56. The van der Waals surface area contributed by atoms with E-state index in [-0.39, 0.29) is 5.91 Å². The van der Waals surface area contributed by atoms with Crippen LogP contribution in [-0.4, -0.2) is 39.2 Å². The topological polar surface area (TPSA) is 67.6 Å². The van der Waals surface area contributed by atoms with Crippen molar-refractivity contribution in [1.82, 2.24) is 5.32 Å². The van der Waals surface area contributed by atoms with Crippen LogP contribution < -0.4 is 20.7 Å². The third kappa shape index (κ3) is 3.86. The highest BCUT2D eigenvalue weighted by molar-refractivity contribution is 5.84. The first-order valence-electron chi connectivity index (χ1n) is 6.27. The molecule has 0 spiro atoms. The Kier molecular flexibility index (Phi) is 5.18. The lowest BCUT2D eigenvalue weighted by atomic mass is 9.97. The highest BCUT2D eigenvalue weighted by Gasteiger charge is 2.28. The Morgan fingerprint density at radius 2 is 2.00 bits per heavy atom. The number of nitrogens with zero attached hydrogens (tertiary/aromatic N) is 1. The predicted octanol–water partition coefficient (Wildman–Crippen LogP) is 0.985. The van der Waals surface area contributed by atoms with Crippen LogP contribution in [0, 0.1) is 0 Å². The van der Waals surface area contributed by atoms with Gasteiger partial charge >= 0.3 is 0 Å². The Balaban J connectivity index is 2.63. The molecule has 0 heterocycles. The number of methoxy groups -OCH3 is 1. The van der Waals surface area contributed by atoms with Crippen LogP contribution in [0.15, 0.2) is 24.3 Å². The van der Waals surface area contributed by atoms with Gasteiger partial charge in [-0.2, -0.15) is 0 Å². The standard InChI is InChI=1S/C14H23N3O2/c1-14(16-2,13(15)18)9-10-17(3)11-5-7-12(19-4)8-6-11/h5-8,16H,9-10H2,1-4H3,(H2,15,18). The minimum atomic E-state index is -0.680. The number of carbonyl (C=O) groups excluding carboxylic acids is 1. The van der Waals surface area contributed by atoms with Crippen LogP contribution in [0.4, 0.5) is 5.69 Å². The Bertz CT molecular complexity index is 419. The van der Waals surface area contributed by atoms with Crippen LogP contribution >= 0.6 is 0 Å². The van der Waals surface area contributed by atoms with E-state index < -0.39 is 5.54 Å². The number of primary amides is 1. The molecule has 0 aliphatic heterocycles. The molecular weight excluding hydrogens is 242 g/mol. The van der Waals surface area contributed by atoms with Crippen molar-refractivity contribution in [2.75, 3.05) is 32.6 Å². The number of carbonyl (C=O) groups is 1. The van der Waals surface area contributed by atoms with Crippen molar-refractivity contribution in [3.05, 3.63) is 24.3 Å². The number of hydrogen-bond acceptors (Lipinski definition) is 4. The first-order valence-corrected chi connectivity index (χ1v) is 6.27. The van der Waals surface area contributed by atoms with Crippen LogP contribution in [0.3, 0.4) is 0 Å². The van der Waals surface area contributed by atoms with Gasteiger partial charge in [-0.05, 0) is 44.7 Å². The molecule has 1 aromatic rings. The van der Waals surface area contributed by atoms with E-state index in [4.69, 9.17) is 10.5 Å². The molecule has 0 radical (unpaired) electrons. The number of likely N-dealkylation sites (N-methyl/N-ethyl adjacent to an activating group) is 1. The van der Waals surface area contributed by atoms with Crippen LogP contribution in [0.5, 0.6) is 5.75 Å². The lowest BCUT2D eigenvalue weighted by Crippen LogP contribution is -2.53. The van der Waals surface area contributed by atoms with E-state index in [1.165, 1.54) is 0 Å². The second kappa shape index (κ2) is 6.43. The number of rotatable bonds is 7. The van der Waals surface area contributed by atoms with Crippen molar-refractivity contribution in [2.24, 2.45) is 5.73 Å². The number of benzene rings is 1. The summed E-state index contributed by atoms with van der Waals surface area (Å²) in [5.74, 6) is 0.493. The average molecular weight is 265 g/mol. The summed E-state index contributed by atoms with van der Waals surface area (Å²) >= 11 is 0. The molecule has 1 aromatic carbocycles. The van der Waals surface area contributed by atoms with Crippen molar-refractivity contribution >= 4 is 11.6 Å². The van der Waals surface area contributed by atoms with Crippen molar-refractivity contribution < 1.29 is 9.53 Å². The Labute approximate surface area is 114 Å². The first kappa shape index (κ1) is 15.3. The first-order chi connectivity index (χ1) is 8.92. The van der Waals surface area contributed by atoms with Gasteiger partial charge in [0.15, 0.2) is 0 Å². The number of amides is 1. The Morgan fingerprint density at radius 1 is 1.42 bits per heavy atom. The van der Waals surface area contributed by atoms with Gasteiger partial charge < -0.3 is 20.7 Å². The van der Waals surface area contributed by atoms with Gasteiger partial charge in [0.25, 0.3) is 0 Å². The maximum absolute atomic E-state index is 11.4. The fraction of sp³-hybridized carbons (Fsp3) is 0.500. The quantitative estimate of drug-likeness (QED) is 0.771. The van der Waals surface area contributed by atoms with Crippen molar-refractivity contribution in [3.63, 3.8) is 0 Å². The number of anilines is 1. The van der Waals surface area contributed by atoms with E-state index in [1.807, 2.05) is 38.2 Å². The fourth-order valence-electron chi connectivity index (χ4n) is 1.73. The molecule has 0 aromatic heterocycles. The summed E-state index contributed by atoms with van der Waals surface area (Å²) in [5.41, 5.74) is 5.80. The lowest BCUT2D eigenvalue weighted by Gasteiger charge is -2.29. The Morgan fingerprint density at radius 3 is 2.42 bits per heavy atom. The molecule has 1 amide bonds. The van der Waals surface area contributed by atoms with E-state index in [0.717, 1.165) is 18.0 Å². The molecule has 1 atom stereocenters. The summed E-state index contributed by atoms with van der Waals surface area (Å²) in [6.07, 6.45) is 0.640. The fourth-order valence-corrected chi connectivity index (χ4v) is 1.73. The summed E-state index contributed by atoms with van der Waals surface area (Å²) in [6.45, 7) is 2.55. The largest absolute Gasteiger partial charge is 0.497 e. The molecule has 0 aliphatic rings. The second-order valence-corrected chi connectivity index (χ2v) is 4.82. The molecule has 19 heavy (non-hydrogen) atoms. The summed E-state index contributed by atoms with van der Waals surface area (Å²) in [6, 6.07) is 7.80. The number of ether oxygens (including phenoxy) is 1. The smallest absolute Gasteiger partial charge is 0.237 e. The molecule has 1 unspecified atom stereocenters. The maximum Gasteiger partial charge on any atom is 0.237 e. The van der Waals surface area contributed by atoms with Gasteiger partial charge in [-0.25, -0.2) is 0 Å². The van der Waals surface area contributed by atoms with Gasteiger partial charge in [-0.1, -0.05) is 0 Å². The molecule has 0 aliphatic carbocycles. The molecule has 5 heteroatoms. The number of nitrogens with two attached hydrogens (primary N) is 1. The minimum Gasteiger partial charge on any atom is -0.497 e. The summed E-state index contributed by atoms with van der Waals surface area (Å²) in [7, 11) is 5.38. The molecule has 0 bridgehead atoms. The molecule has 0 saturated heterocycles. The maximum atomic E-state index is 11.4. The van der Waals surface area contributed by atoms with Crippen molar-refractivity contribution in [2.45, 2.75) is 18.9 Å². The molecular formula is C14H23N3O2. The third-order valence-corrected chi connectivity index (χ3v) is 3.56. The Hall–Kier alpha value is -1.75. The van der Waals surface area contributed by atoms with E-state index in [9.17, 15) is 4.79 Å². The van der Waals surface area contributed by atoms with Crippen molar-refractivity contribution in [1.29, 1.82) is 0 Å². The zero-order valence-electron chi connectivity index (χ0n) is 12.1. The van der Waals surface area contributed by atoms with Gasteiger partial charge in [-0.3, -0.25) is 4.79 Å². The van der Waals surface area contributed by atoms with E-state index in [2.05, 4.69) is 10.2 Å². The van der Waals surface area contributed by atoms with Crippen LogP contribution in [0.1, 0.15) is 13.3 Å². The lowest BCUT2D eigenvalue weighted by molar-refractivity contribution is -0.123. The number of hydrogen-bond donors (Lipinski definition) is 2. The van der Waals surface area contributed by atoms with Gasteiger partial charge in [0.1, 0.15) is 5.75 Å². The zero-order valence-corrected chi connectivity index (χ0v) is 12.1. The monoisotopic (exact) mass is 265 g/mol. The minimum absolute atomic E-state index is 0.335. The highest BCUT2D eigenvalue weighted by Crippen LogP contribution is 2.19. The average Bonchev–Trinajstić information content (AvgIpc) is 2.44. The summed E-state index contributed by atoms with van der Waals surface area (Å²) in [5, 5.41) is 2.98. The zero-order chi connectivity index (χ0) is 14.5. The van der Waals surface area contributed by atoms with E-state index >= 15 is 0 Å². The molecule has 0 fully saturated rings. The van der Waals surface area contributed by atoms with Crippen molar-refractivity contribution in [3.8, 4) is 5.75 Å². The predicted molar refractivity (Wildman–Crippen MR) is 77.5 cm³/mol. The highest BCUT2D eigenvalue weighted by atomic mass is 16.5. The van der Waals surface area contributed by atoms with E-state index in [1.54, 1.807) is 14.2 Å². The molecule has 106 valence electrons. The summed E-state index contributed by atoms with van der Waals surface area (Å²) in [4.78, 5) is 13.5. The van der Waals surface area contributed by atoms with Gasteiger partial charge in [0.05, 0.1) is 12.6 Å². The SMILES string of the molecule is CNC(C)(CCN(C)c1ccc(OC)cc1)C(N)=O. The normalized spacial score (nSPS) is 13.7. The molecule has 5 nitrogen and oxygen atoms in total. The summed E-state index contributed by atoms with van der Waals surface area (Å²) < 4.78 is 5.12. The number of nitrogens with one attached hydrogen (secondary N) is 1. The molecule has 0 saturated carbocycles. The van der Waals surface area contributed by atoms with Crippen LogP contribution in [0.25, 0.3) is 0 Å². The van der Waals surface area contributed by atoms with Gasteiger partial charge in [0, 0.05) is 19.3 Å². The second-order valence-electron chi connectivity index (χ2n) is 4.82. The van der Waals surface area contributed by atoms with Gasteiger partial charge in [0.2, 0.25) is 5.91 Å². The van der Waals surface area contributed by atoms with Crippen LogP contribution in [0.2, 0.25) is 0 Å². The van der Waals surface area contributed by atoms with Gasteiger partial charge in [-0.15, -0.1) is 0 Å². The van der Waals surface area contributed by atoms with Crippen LogP contribution in [-0.2, 0) is 4.79 Å². The van der Waals surface area contributed by atoms with E-state index in [0.29, 0.717) is 6.42 Å². The molecule has 3 N–H and O–H groups in total.